The predicted molar refractivity (Wildman–Crippen MR) is 85.1 cm³/mol. The van der Waals surface area contributed by atoms with Crippen LogP contribution in [0.1, 0.15) is 17.7 Å². The number of methoxy groups -OCH3 is 1. The molecule has 1 aromatic heterocycles. The summed E-state index contributed by atoms with van der Waals surface area (Å²) in [5.41, 5.74) is 2.18. The number of carbonyl (C=O) groups excluding carboxylic acids is 1. The van der Waals surface area contributed by atoms with E-state index in [1.807, 2.05) is 35.0 Å². The van der Waals surface area contributed by atoms with E-state index in [0.717, 1.165) is 30.7 Å². The number of nitrogens with zero attached hydrogens (tertiary/aromatic N) is 2. The molecule has 1 unspecified atom stereocenters. The zero-order chi connectivity index (χ0) is 16.1. The number of hydrogen-bond donors (Lipinski definition) is 1. The normalized spacial score (nSPS) is 16.7. The van der Waals surface area contributed by atoms with Crippen LogP contribution < -0.4 is 10.1 Å². The van der Waals surface area contributed by atoms with Crippen molar-refractivity contribution < 1.29 is 14.3 Å². The van der Waals surface area contributed by atoms with Gasteiger partial charge in [-0.25, -0.2) is 0 Å². The van der Waals surface area contributed by atoms with Gasteiger partial charge in [0.2, 0.25) is 5.91 Å². The Hall–Kier alpha value is -2.34. The average Bonchev–Trinajstić information content (AvgIpc) is 3.03. The number of ether oxygens (including phenoxy) is 2. The van der Waals surface area contributed by atoms with Crippen molar-refractivity contribution in [3.05, 3.63) is 47.8 Å². The van der Waals surface area contributed by atoms with Crippen molar-refractivity contribution >= 4 is 5.91 Å². The Morgan fingerprint density at radius 3 is 2.96 bits per heavy atom. The fourth-order valence-electron chi connectivity index (χ4n) is 2.74. The Balaban J connectivity index is 1.40. The molecule has 1 amide bonds. The minimum Gasteiger partial charge on any atom is -0.497 e. The molecule has 1 aromatic carbocycles. The van der Waals surface area contributed by atoms with Crippen LogP contribution >= 0.6 is 0 Å². The highest BCUT2D eigenvalue weighted by Gasteiger charge is 2.20. The number of nitrogens with one attached hydrogen (secondary N) is 1. The van der Waals surface area contributed by atoms with Crippen LogP contribution in [0.2, 0.25) is 0 Å². The minimum atomic E-state index is -0.0727. The van der Waals surface area contributed by atoms with Crippen molar-refractivity contribution in [2.75, 3.05) is 13.7 Å². The SMILES string of the molecule is COc1ccc(COCC(=O)NC2CCn3nccc3C2)cc1. The van der Waals surface area contributed by atoms with Crippen LogP contribution in [0.3, 0.4) is 0 Å². The lowest BCUT2D eigenvalue weighted by Crippen LogP contribution is -2.41. The van der Waals surface area contributed by atoms with Crippen molar-refractivity contribution in [3.63, 3.8) is 0 Å². The molecular formula is C17H21N3O3. The van der Waals surface area contributed by atoms with Gasteiger partial charge < -0.3 is 14.8 Å². The molecule has 0 aliphatic carbocycles. The molecule has 1 aliphatic heterocycles. The van der Waals surface area contributed by atoms with Gasteiger partial charge in [-0.2, -0.15) is 5.10 Å². The summed E-state index contributed by atoms with van der Waals surface area (Å²) in [6.07, 6.45) is 3.53. The summed E-state index contributed by atoms with van der Waals surface area (Å²) in [4.78, 5) is 12.0. The second-order valence-corrected chi connectivity index (χ2v) is 5.64. The Kier molecular flexibility index (Phi) is 4.92. The number of fused-ring (bicyclic) bond motifs is 1. The highest BCUT2D eigenvalue weighted by atomic mass is 16.5. The van der Waals surface area contributed by atoms with E-state index in [1.165, 1.54) is 5.69 Å². The van der Waals surface area contributed by atoms with Crippen LogP contribution in [0.25, 0.3) is 0 Å². The second-order valence-electron chi connectivity index (χ2n) is 5.64. The van der Waals surface area contributed by atoms with Crippen LogP contribution in [0, 0.1) is 0 Å². The third-order valence-corrected chi connectivity index (χ3v) is 3.98. The number of amides is 1. The van der Waals surface area contributed by atoms with E-state index in [4.69, 9.17) is 9.47 Å². The molecule has 1 aliphatic rings. The van der Waals surface area contributed by atoms with Gasteiger partial charge in [-0.15, -0.1) is 0 Å². The maximum atomic E-state index is 12.0. The van der Waals surface area contributed by atoms with Gasteiger partial charge in [0.05, 0.1) is 13.7 Å². The van der Waals surface area contributed by atoms with Crippen LogP contribution in [0.4, 0.5) is 0 Å². The maximum Gasteiger partial charge on any atom is 0.246 e. The van der Waals surface area contributed by atoms with Gasteiger partial charge in [0, 0.05) is 30.9 Å². The van der Waals surface area contributed by atoms with E-state index < -0.39 is 0 Å². The summed E-state index contributed by atoms with van der Waals surface area (Å²) in [5, 5.41) is 7.27. The van der Waals surface area contributed by atoms with Crippen molar-refractivity contribution in [3.8, 4) is 5.75 Å². The number of aromatic nitrogens is 2. The Bertz CT molecular complexity index is 651. The Labute approximate surface area is 135 Å². The lowest BCUT2D eigenvalue weighted by atomic mass is 10.0. The van der Waals surface area contributed by atoms with Crippen molar-refractivity contribution in [1.82, 2.24) is 15.1 Å². The van der Waals surface area contributed by atoms with E-state index in [0.29, 0.717) is 6.61 Å². The van der Waals surface area contributed by atoms with Crippen LogP contribution in [-0.4, -0.2) is 35.4 Å². The number of benzene rings is 1. The molecule has 0 radical (unpaired) electrons. The van der Waals surface area contributed by atoms with Crippen molar-refractivity contribution in [2.24, 2.45) is 0 Å². The smallest absolute Gasteiger partial charge is 0.246 e. The molecule has 6 heteroatoms. The number of aryl methyl sites for hydroxylation is 1. The highest BCUT2D eigenvalue weighted by molar-refractivity contribution is 5.77. The first-order valence-corrected chi connectivity index (χ1v) is 7.75. The highest BCUT2D eigenvalue weighted by Crippen LogP contribution is 2.14. The lowest BCUT2D eigenvalue weighted by Gasteiger charge is -2.24. The van der Waals surface area contributed by atoms with E-state index in [2.05, 4.69) is 10.4 Å². The summed E-state index contributed by atoms with van der Waals surface area (Å²) in [5.74, 6) is 0.736. The topological polar surface area (TPSA) is 65.4 Å². The van der Waals surface area contributed by atoms with Gasteiger partial charge in [0.1, 0.15) is 12.4 Å². The van der Waals surface area contributed by atoms with Gasteiger partial charge in [0.15, 0.2) is 0 Å². The zero-order valence-corrected chi connectivity index (χ0v) is 13.2. The molecule has 122 valence electrons. The molecule has 0 spiro atoms. The van der Waals surface area contributed by atoms with Gasteiger partial charge in [-0.1, -0.05) is 12.1 Å². The van der Waals surface area contributed by atoms with Crippen LogP contribution in [0.15, 0.2) is 36.5 Å². The molecule has 0 bridgehead atoms. The average molecular weight is 315 g/mol. The van der Waals surface area contributed by atoms with Gasteiger partial charge in [0.25, 0.3) is 0 Å². The molecule has 1 atom stereocenters. The molecule has 3 rings (SSSR count). The molecule has 2 aromatic rings. The summed E-state index contributed by atoms with van der Waals surface area (Å²) in [7, 11) is 1.63. The van der Waals surface area contributed by atoms with E-state index in [-0.39, 0.29) is 18.6 Å². The van der Waals surface area contributed by atoms with Gasteiger partial charge >= 0.3 is 0 Å². The first kappa shape index (κ1) is 15.6. The predicted octanol–water partition coefficient (Wildman–Crippen LogP) is 1.54. The zero-order valence-electron chi connectivity index (χ0n) is 13.2. The Morgan fingerprint density at radius 2 is 2.17 bits per heavy atom. The first-order chi connectivity index (χ1) is 11.2. The standard InChI is InChI=1S/C17H21N3O3/c1-22-16-4-2-13(3-5-16)11-23-12-17(21)19-14-7-9-20-15(10-14)6-8-18-20/h2-6,8,14H,7,9-12H2,1H3,(H,19,21). The fourth-order valence-corrected chi connectivity index (χ4v) is 2.74. The van der Waals surface area contributed by atoms with Gasteiger partial charge in [-0.05, 0) is 30.2 Å². The van der Waals surface area contributed by atoms with Crippen LogP contribution in [-0.2, 0) is 29.1 Å². The molecule has 0 saturated heterocycles. The van der Waals surface area contributed by atoms with E-state index in [9.17, 15) is 4.79 Å². The number of rotatable bonds is 6. The minimum absolute atomic E-state index is 0.0712. The number of hydrogen-bond acceptors (Lipinski definition) is 4. The second kappa shape index (κ2) is 7.28. The first-order valence-electron chi connectivity index (χ1n) is 7.75. The molecule has 6 nitrogen and oxygen atoms in total. The van der Waals surface area contributed by atoms with Crippen LogP contribution in [0.5, 0.6) is 5.75 Å². The summed E-state index contributed by atoms with van der Waals surface area (Å²) < 4.78 is 12.6. The molecule has 2 heterocycles. The third kappa shape index (κ3) is 4.10. The maximum absolute atomic E-state index is 12.0. The molecular weight excluding hydrogens is 294 g/mol. The molecule has 0 fully saturated rings. The fraction of sp³-hybridized carbons (Fsp3) is 0.412. The molecule has 1 N–H and O–H groups in total. The van der Waals surface area contributed by atoms with Crippen molar-refractivity contribution in [1.29, 1.82) is 0 Å². The van der Waals surface area contributed by atoms with E-state index in [1.54, 1.807) is 13.3 Å². The summed E-state index contributed by atoms with van der Waals surface area (Å²) in [6.45, 7) is 1.33. The summed E-state index contributed by atoms with van der Waals surface area (Å²) >= 11 is 0. The molecule has 23 heavy (non-hydrogen) atoms. The number of carbonyl (C=O) groups is 1. The van der Waals surface area contributed by atoms with E-state index >= 15 is 0 Å². The Morgan fingerprint density at radius 1 is 1.35 bits per heavy atom. The molecule has 0 saturated carbocycles. The largest absolute Gasteiger partial charge is 0.497 e. The summed E-state index contributed by atoms with van der Waals surface area (Å²) in [6, 6.07) is 9.78. The lowest BCUT2D eigenvalue weighted by molar-refractivity contribution is -0.126. The quantitative estimate of drug-likeness (QED) is 0.878. The third-order valence-electron chi connectivity index (χ3n) is 3.98. The van der Waals surface area contributed by atoms with Crippen molar-refractivity contribution in [2.45, 2.75) is 32.0 Å². The monoisotopic (exact) mass is 315 g/mol. The van der Waals surface area contributed by atoms with Gasteiger partial charge in [-0.3, -0.25) is 9.48 Å².